The Morgan fingerprint density at radius 3 is 2.37 bits per heavy atom. The lowest BCUT2D eigenvalue weighted by atomic mass is 9.69. The van der Waals surface area contributed by atoms with E-state index in [1.54, 1.807) is 9.80 Å². The first kappa shape index (κ1) is 23.8. The van der Waals surface area contributed by atoms with Gasteiger partial charge in [-0.05, 0) is 44.1 Å². The number of nitrogens with two attached hydrogens (primary N) is 1. The van der Waals surface area contributed by atoms with E-state index in [1.165, 1.54) is 0 Å². The van der Waals surface area contributed by atoms with Crippen molar-refractivity contribution in [3.8, 4) is 0 Å². The number of piperidine rings is 2. The van der Waals surface area contributed by atoms with Crippen LogP contribution in [-0.4, -0.2) is 71.8 Å². The molecule has 0 radical (unpaired) electrons. The number of hydrogen-bond donors (Lipinski definition) is 2. The molecule has 8 nitrogen and oxygen atoms in total. The Bertz CT molecular complexity index is 1010. The molecule has 35 heavy (non-hydrogen) atoms. The molecule has 3 saturated heterocycles. The predicted molar refractivity (Wildman–Crippen MR) is 125 cm³/mol. The molecule has 0 aromatic heterocycles. The quantitative estimate of drug-likeness (QED) is 0.657. The average molecular weight is 485 g/mol. The smallest absolute Gasteiger partial charge is 0.228 e. The first-order valence-electron chi connectivity index (χ1n) is 12.7. The molecule has 9 heteroatoms. The summed E-state index contributed by atoms with van der Waals surface area (Å²) in [6.45, 7) is 1.45. The van der Waals surface area contributed by atoms with Gasteiger partial charge in [0.25, 0.3) is 0 Å². The van der Waals surface area contributed by atoms with Crippen LogP contribution in [0.2, 0.25) is 0 Å². The summed E-state index contributed by atoms with van der Waals surface area (Å²) in [4.78, 5) is 55.6. The number of nitrogens with zero attached hydrogens (tertiary/aromatic N) is 2. The van der Waals surface area contributed by atoms with Gasteiger partial charge in [0.15, 0.2) is 0 Å². The number of rotatable bonds is 5. The van der Waals surface area contributed by atoms with E-state index in [2.05, 4.69) is 5.32 Å². The zero-order valence-corrected chi connectivity index (χ0v) is 19.8. The van der Waals surface area contributed by atoms with E-state index < -0.39 is 35.2 Å². The Labute approximate surface area is 204 Å². The molecule has 1 aromatic rings. The van der Waals surface area contributed by atoms with Crippen molar-refractivity contribution >= 4 is 23.6 Å². The van der Waals surface area contributed by atoms with E-state index in [9.17, 15) is 23.6 Å². The van der Waals surface area contributed by atoms with Gasteiger partial charge in [0.1, 0.15) is 6.17 Å². The van der Waals surface area contributed by atoms with Gasteiger partial charge in [-0.1, -0.05) is 30.3 Å². The van der Waals surface area contributed by atoms with E-state index in [0.717, 1.165) is 18.4 Å². The number of amides is 4. The third-order valence-corrected chi connectivity index (χ3v) is 8.56. The second kappa shape index (κ2) is 9.24. The fourth-order valence-electron chi connectivity index (χ4n) is 6.42. The third kappa shape index (κ3) is 4.19. The van der Waals surface area contributed by atoms with Gasteiger partial charge in [-0.25, -0.2) is 4.39 Å². The van der Waals surface area contributed by atoms with Gasteiger partial charge in [0.05, 0.1) is 23.2 Å². The third-order valence-electron chi connectivity index (χ3n) is 8.56. The molecule has 188 valence electrons. The predicted octanol–water partition coefficient (Wildman–Crippen LogP) is 1.35. The second-order valence-electron chi connectivity index (χ2n) is 10.5. The van der Waals surface area contributed by atoms with E-state index >= 15 is 0 Å². The SMILES string of the molecule is NC(=O)C(c1ccccc1)[C@@H]1CCCCN1C(=O)[C@H]1CNC(=O)C12CCN(C(=O)[C@H]1C[C@H]1F)CC2. The summed E-state index contributed by atoms with van der Waals surface area (Å²) in [6.07, 6.45) is 2.37. The fourth-order valence-corrected chi connectivity index (χ4v) is 6.42. The van der Waals surface area contributed by atoms with Gasteiger partial charge in [0.2, 0.25) is 23.6 Å². The fraction of sp³-hybridized carbons (Fsp3) is 0.615. The Morgan fingerprint density at radius 1 is 1.06 bits per heavy atom. The summed E-state index contributed by atoms with van der Waals surface area (Å²) in [6, 6.07) is 8.96. The lowest BCUT2D eigenvalue weighted by molar-refractivity contribution is -0.151. The van der Waals surface area contributed by atoms with Crippen LogP contribution in [0.15, 0.2) is 30.3 Å². The molecule has 1 aromatic carbocycles. The van der Waals surface area contributed by atoms with Gasteiger partial charge < -0.3 is 20.9 Å². The molecule has 3 N–H and O–H groups in total. The summed E-state index contributed by atoms with van der Waals surface area (Å²) in [5.41, 5.74) is 5.75. The molecule has 5 rings (SSSR count). The number of halogens is 1. The number of nitrogens with one attached hydrogen (secondary N) is 1. The van der Waals surface area contributed by atoms with E-state index in [-0.39, 0.29) is 36.7 Å². The number of benzene rings is 1. The maximum atomic E-state index is 14.0. The highest BCUT2D eigenvalue weighted by Crippen LogP contribution is 2.46. The topological polar surface area (TPSA) is 113 Å². The van der Waals surface area contributed by atoms with Crippen molar-refractivity contribution in [2.45, 2.75) is 56.7 Å². The van der Waals surface area contributed by atoms with Crippen molar-refractivity contribution in [3.63, 3.8) is 0 Å². The number of carbonyl (C=O) groups excluding carboxylic acids is 4. The van der Waals surface area contributed by atoms with Crippen LogP contribution in [0.3, 0.4) is 0 Å². The van der Waals surface area contributed by atoms with Gasteiger partial charge in [0, 0.05) is 32.2 Å². The van der Waals surface area contributed by atoms with Crippen molar-refractivity contribution in [2.75, 3.05) is 26.2 Å². The maximum absolute atomic E-state index is 14.0. The first-order chi connectivity index (χ1) is 16.8. The lowest BCUT2D eigenvalue weighted by Gasteiger charge is -2.45. The van der Waals surface area contributed by atoms with Crippen molar-refractivity contribution in [2.24, 2.45) is 23.0 Å². The molecule has 4 fully saturated rings. The lowest BCUT2D eigenvalue weighted by Crippen LogP contribution is -2.56. The van der Waals surface area contributed by atoms with Crippen LogP contribution in [0.4, 0.5) is 4.39 Å². The Kier molecular flexibility index (Phi) is 6.27. The Balaban J connectivity index is 1.36. The zero-order chi connectivity index (χ0) is 24.7. The minimum absolute atomic E-state index is 0.124. The molecule has 5 atom stereocenters. The first-order valence-corrected chi connectivity index (χ1v) is 12.7. The van der Waals surface area contributed by atoms with E-state index in [1.807, 2.05) is 30.3 Å². The monoisotopic (exact) mass is 484 g/mol. The molecule has 1 aliphatic carbocycles. The van der Waals surface area contributed by atoms with Gasteiger partial charge in [-0.2, -0.15) is 0 Å². The van der Waals surface area contributed by atoms with Crippen LogP contribution in [0.5, 0.6) is 0 Å². The molecule has 3 heterocycles. The number of primary amides is 1. The molecule has 1 spiro atoms. The maximum Gasteiger partial charge on any atom is 0.228 e. The molecule has 4 aliphatic rings. The van der Waals surface area contributed by atoms with Crippen LogP contribution in [-0.2, 0) is 19.2 Å². The molecule has 1 saturated carbocycles. The Morgan fingerprint density at radius 2 is 1.74 bits per heavy atom. The van der Waals surface area contributed by atoms with Crippen molar-refractivity contribution < 1.29 is 23.6 Å². The zero-order valence-electron chi connectivity index (χ0n) is 19.8. The summed E-state index contributed by atoms with van der Waals surface area (Å²) < 4.78 is 13.4. The summed E-state index contributed by atoms with van der Waals surface area (Å²) in [5.74, 6) is -2.65. The second-order valence-corrected chi connectivity index (χ2v) is 10.5. The van der Waals surface area contributed by atoms with E-state index in [4.69, 9.17) is 5.73 Å². The van der Waals surface area contributed by atoms with Gasteiger partial charge in [-0.15, -0.1) is 0 Å². The number of alkyl halides is 1. The Hall–Kier alpha value is -2.97. The average Bonchev–Trinajstić information content (AvgIpc) is 3.52. The van der Waals surface area contributed by atoms with Crippen LogP contribution in [0.1, 0.15) is 50.0 Å². The van der Waals surface area contributed by atoms with Crippen LogP contribution < -0.4 is 11.1 Å². The molecular weight excluding hydrogens is 451 g/mol. The van der Waals surface area contributed by atoms with E-state index in [0.29, 0.717) is 38.9 Å². The van der Waals surface area contributed by atoms with Gasteiger partial charge in [-0.3, -0.25) is 19.2 Å². The molecular formula is C26H33FN4O4. The number of hydrogen-bond acceptors (Lipinski definition) is 4. The molecule has 3 aliphatic heterocycles. The van der Waals surface area contributed by atoms with Crippen molar-refractivity contribution in [1.82, 2.24) is 15.1 Å². The largest absolute Gasteiger partial charge is 0.369 e. The van der Waals surface area contributed by atoms with Gasteiger partial charge >= 0.3 is 0 Å². The number of carbonyl (C=O) groups is 4. The summed E-state index contributed by atoms with van der Waals surface area (Å²) in [7, 11) is 0. The number of likely N-dealkylation sites (tertiary alicyclic amines) is 2. The van der Waals surface area contributed by atoms with Crippen LogP contribution in [0, 0.1) is 17.3 Å². The highest BCUT2D eigenvalue weighted by Gasteiger charge is 2.57. The van der Waals surface area contributed by atoms with Crippen molar-refractivity contribution in [1.29, 1.82) is 0 Å². The molecule has 1 unspecified atom stereocenters. The standard InChI is InChI=1S/C26H33FN4O4/c27-19-14-17(19)23(33)30-12-9-26(10-13-30)18(15-29-25(26)35)24(34)31-11-5-4-8-20(31)21(22(28)32)16-6-2-1-3-7-16/h1-3,6-7,17-21H,4-5,8-15H2,(H2,28,32)(H,29,35)/t17-,18+,19+,20-,21?/m0/s1. The minimum atomic E-state index is -1.05. The van der Waals surface area contributed by atoms with Crippen LogP contribution in [0.25, 0.3) is 0 Å². The minimum Gasteiger partial charge on any atom is -0.369 e. The highest BCUT2D eigenvalue weighted by molar-refractivity contribution is 5.95. The summed E-state index contributed by atoms with van der Waals surface area (Å²) >= 11 is 0. The molecule has 4 amide bonds. The molecule has 0 bridgehead atoms. The van der Waals surface area contributed by atoms with Crippen molar-refractivity contribution in [3.05, 3.63) is 35.9 Å². The normalized spacial score (nSPS) is 30.6. The highest BCUT2D eigenvalue weighted by atomic mass is 19.1. The van der Waals surface area contributed by atoms with Crippen LogP contribution >= 0.6 is 0 Å². The summed E-state index contributed by atoms with van der Waals surface area (Å²) in [5, 5.41) is 2.89.